The van der Waals surface area contributed by atoms with Crippen LogP contribution in [0, 0.1) is 0 Å². The van der Waals surface area contributed by atoms with Crippen LogP contribution in [0.5, 0.6) is 0 Å². The van der Waals surface area contributed by atoms with Crippen LogP contribution in [0.2, 0.25) is 0 Å². The smallest absolute Gasteiger partial charge is 0.143 e. The molecule has 44 heavy (non-hydrogen) atoms. The minimum atomic E-state index is 0.850. The predicted molar refractivity (Wildman–Crippen MR) is 185 cm³/mol. The number of para-hydroxylation sites is 3. The van der Waals surface area contributed by atoms with Gasteiger partial charge >= 0.3 is 0 Å². The molecule has 6 aromatic carbocycles. The summed E-state index contributed by atoms with van der Waals surface area (Å²) in [5.74, 6) is 0. The van der Waals surface area contributed by atoms with Gasteiger partial charge in [-0.15, -0.1) is 0 Å². The average Bonchev–Trinajstić information content (AvgIpc) is 3.47. The second kappa shape index (κ2) is 10.5. The molecule has 8 rings (SSSR count). The topological polar surface area (TPSA) is 38.9 Å². The third-order valence-corrected chi connectivity index (χ3v) is 8.37. The van der Waals surface area contributed by atoms with Crippen LogP contribution in [0.25, 0.3) is 89.5 Å². The van der Waals surface area contributed by atoms with Crippen molar-refractivity contribution in [2.45, 2.75) is 6.92 Å². The minimum Gasteiger partial charge on any atom is -0.455 e. The molecular formula is C41H28N2O. The van der Waals surface area contributed by atoms with E-state index in [0.29, 0.717) is 0 Å². The van der Waals surface area contributed by atoms with Crippen molar-refractivity contribution in [1.82, 2.24) is 9.97 Å². The van der Waals surface area contributed by atoms with Crippen molar-refractivity contribution in [3.8, 4) is 33.6 Å². The van der Waals surface area contributed by atoms with Crippen LogP contribution in [-0.4, -0.2) is 9.97 Å². The van der Waals surface area contributed by atoms with Crippen LogP contribution >= 0.6 is 0 Å². The maximum absolute atomic E-state index is 6.31. The van der Waals surface area contributed by atoms with Crippen molar-refractivity contribution in [3.63, 3.8) is 0 Å². The maximum atomic E-state index is 6.31. The van der Waals surface area contributed by atoms with Crippen LogP contribution in [-0.2, 0) is 0 Å². The molecule has 0 radical (unpaired) electrons. The fraction of sp³-hybridized carbons (Fsp3) is 0.0244. The summed E-state index contributed by atoms with van der Waals surface area (Å²) in [7, 11) is 0. The van der Waals surface area contributed by atoms with Crippen LogP contribution in [0.1, 0.15) is 18.1 Å². The lowest BCUT2D eigenvalue weighted by Crippen LogP contribution is -1.99. The molecule has 3 heteroatoms. The Balaban J connectivity index is 1.34. The monoisotopic (exact) mass is 564 g/mol. The number of benzene rings is 6. The first-order valence-electron chi connectivity index (χ1n) is 14.8. The van der Waals surface area contributed by atoms with Gasteiger partial charge in [0.15, 0.2) is 0 Å². The molecule has 3 nitrogen and oxygen atoms in total. The number of rotatable bonds is 5. The lowest BCUT2D eigenvalue weighted by Gasteiger charge is -2.17. The van der Waals surface area contributed by atoms with Gasteiger partial charge < -0.3 is 4.42 Å². The predicted octanol–water partition coefficient (Wildman–Crippen LogP) is 11.4. The molecule has 0 saturated carbocycles. The normalized spacial score (nSPS) is 11.8. The highest BCUT2D eigenvalue weighted by molar-refractivity contribution is 6.15. The van der Waals surface area contributed by atoms with Gasteiger partial charge in [-0.25, -0.2) is 9.97 Å². The Morgan fingerprint density at radius 2 is 1.30 bits per heavy atom. The van der Waals surface area contributed by atoms with Gasteiger partial charge in [0.05, 0.1) is 22.4 Å². The molecule has 0 aliphatic rings. The minimum absolute atomic E-state index is 0.850. The first kappa shape index (κ1) is 25.9. The van der Waals surface area contributed by atoms with Gasteiger partial charge in [-0.05, 0) is 71.0 Å². The maximum Gasteiger partial charge on any atom is 0.143 e. The lowest BCUT2D eigenvalue weighted by atomic mass is 9.88. The molecule has 0 spiro atoms. The van der Waals surface area contributed by atoms with E-state index in [9.17, 15) is 0 Å². The number of fused-ring (bicyclic) bond motifs is 6. The van der Waals surface area contributed by atoms with E-state index in [1.807, 2.05) is 67.6 Å². The zero-order chi connectivity index (χ0) is 29.6. The van der Waals surface area contributed by atoms with Crippen molar-refractivity contribution >= 4 is 55.9 Å². The average molecular weight is 565 g/mol. The van der Waals surface area contributed by atoms with Gasteiger partial charge in [-0.3, -0.25) is 0 Å². The Bertz CT molecular complexity index is 2410. The number of hydrogen-bond donors (Lipinski definition) is 0. The van der Waals surface area contributed by atoms with E-state index in [2.05, 4.69) is 85.5 Å². The Hall–Kier alpha value is -5.80. The first-order chi connectivity index (χ1) is 21.7. The molecular weight excluding hydrogens is 536 g/mol. The third kappa shape index (κ3) is 4.13. The van der Waals surface area contributed by atoms with Crippen molar-refractivity contribution in [2.75, 3.05) is 0 Å². The summed E-state index contributed by atoms with van der Waals surface area (Å²) in [6.07, 6.45) is 6.18. The number of nitrogens with zero attached hydrogens (tertiary/aromatic N) is 2. The summed E-state index contributed by atoms with van der Waals surface area (Å²) in [4.78, 5) is 10.3. The molecule has 0 aliphatic heterocycles. The van der Waals surface area contributed by atoms with Gasteiger partial charge in [-0.2, -0.15) is 0 Å². The molecule has 0 bridgehead atoms. The van der Waals surface area contributed by atoms with E-state index in [-0.39, 0.29) is 0 Å². The molecule has 0 N–H and O–H groups in total. The van der Waals surface area contributed by atoms with Gasteiger partial charge in [0.2, 0.25) is 0 Å². The van der Waals surface area contributed by atoms with Gasteiger partial charge in [0, 0.05) is 27.3 Å². The molecule has 0 fully saturated rings. The van der Waals surface area contributed by atoms with Crippen LogP contribution in [0.3, 0.4) is 0 Å². The number of aromatic nitrogens is 2. The van der Waals surface area contributed by atoms with Crippen molar-refractivity contribution in [1.29, 1.82) is 0 Å². The molecule has 2 heterocycles. The highest BCUT2D eigenvalue weighted by Crippen LogP contribution is 2.40. The van der Waals surface area contributed by atoms with Crippen molar-refractivity contribution < 1.29 is 4.42 Å². The number of furan rings is 1. The van der Waals surface area contributed by atoms with Gasteiger partial charge in [0.1, 0.15) is 11.2 Å². The summed E-state index contributed by atoms with van der Waals surface area (Å²) in [6.45, 7) is 6.31. The van der Waals surface area contributed by atoms with Crippen molar-refractivity contribution in [3.05, 3.63) is 145 Å². The Labute approximate surface area is 255 Å². The number of hydrogen-bond acceptors (Lipinski definition) is 3. The standard InChI is InChI=1S/C41H28N2O/c1-3-12-32-29(4-2)30(27-19-21-31-28(25-27)20-22-35-33-15-8-11-18-38(33)44-41(31)35)23-24-34(32)40-39(26-13-6-5-7-14-26)42-36-16-9-10-17-37(36)43-40/h3-25H,2H2,1H3/b12-3-. The summed E-state index contributed by atoms with van der Waals surface area (Å²) >= 11 is 0. The molecule has 2 aromatic heterocycles. The fourth-order valence-electron chi connectivity index (χ4n) is 6.32. The second-order valence-corrected chi connectivity index (χ2v) is 10.9. The highest BCUT2D eigenvalue weighted by atomic mass is 16.3. The van der Waals surface area contributed by atoms with Crippen molar-refractivity contribution in [2.24, 2.45) is 0 Å². The van der Waals surface area contributed by atoms with Gasteiger partial charge in [-0.1, -0.05) is 110 Å². The summed E-state index contributed by atoms with van der Waals surface area (Å²) in [6, 6.07) is 41.9. The third-order valence-electron chi connectivity index (χ3n) is 8.37. The Morgan fingerprint density at radius 3 is 2.09 bits per heavy atom. The van der Waals surface area contributed by atoms with E-state index in [1.54, 1.807) is 0 Å². The summed E-state index contributed by atoms with van der Waals surface area (Å²) in [5, 5.41) is 4.51. The largest absolute Gasteiger partial charge is 0.455 e. The second-order valence-electron chi connectivity index (χ2n) is 10.9. The molecule has 0 unspecified atom stereocenters. The highest BCUT2D eigenvalue weighted by Gasteiger charge is 2.19. The number of allylic oxidation sites excluding steroid dienone is 1. The summed E-state index contributed by atoms with van der Waals surface area (Å²) in [5.41, 5.74) is 11.7. The van der Waals surface area contributed by atoms with E-state index in [4.69, 9.17) is 14.4 Å². The van der Waals surface area contributed by atoms with Crippen LogP contribution in [0.4, 0.5) is 0 Å². The van der Waals surface area contributed by atoms with Crippen LogP contribution in [0.15, 0.2) is 138 Å². The fourth-order valence-corrected chi connectivity index (χ4v) is 6.32. The van der Waals surface area contributed by atoms with E-state index in [1.165, 1.54) is 0 Å². The van der Waals surface area contributed by atoms with Gasteiger partial charge in [0.25, 0.3) is 0 Å². The molecule has 0 saturated heterocycles. The van der Waals surface area contributed by atoms with E-state index < -0.39 is 0 Å². The first-order valence-corrected chi connectivity index (χ1v) is 14.8. The van der Waals surface area contributed by atoms with E-state index in [0.717, 1.165) is 88.5 Å². The molecule has 0 aliphatic carbocycles. The van der Waals surface area contributed by atoms with E-state index >= 15 is 0 Å². The zero-order valence-corrected chi connectivity index (χ0v) is 24.3. The SMILES string of the molecule is C=Cc1c(-c2ccc3c(ccc4c5ccccc5oc34)c2)ccc(-c2nc3ccccc3nc2-c2ccccc2)c1/C=C\C. The Kier molecular flexibility index (Phi) is 6.16. The quantitative estimate of drug-likeness (QED) is 0.209. The lowest BCUT2D eigenvalue weighted by molar-refractivity contribution is 0.672. The molecule has 8 aromatic rings. The molecule has 0 amide bonds. The molecule has 0 atom stereocenters. The zero-order valence-electron chi connectivity index (χ0n) is 24.3. The summed E-state index contributed by atoms with van der Waals surface area (Å²) < 4.78 is 6.31. The molecule has 208 valence electrons. The van der Waals surface area contributed by atoms with Crippen LogP contribution < -0.4 is 0 Å². The Morgan fingerprint density at radius 1 is 0.591 bits per heavy atom.